The predicted molar refractivity (Wildman–Crippen MR) is 55.2 cm³/mol. The van der Waals surface area contributed by atoms with E-state index in [1.807, 2.05) is 0 Å². The van der Waals surface area contributed by atoms with E-state index in [0.29, 0.717) is 18.8 Å². The fourth-order valence-corrected chi connectivity index (χ4v) is 5.02. The van der Waals surface area contributed by atoms with Gasteiger partial charge in [-0.2, -0.15) is 0 Å². The largest absolute Gasteiger partial charge is 0.481 e. The first-order valence-corrected chi connectivity index (χ1v) is 7.11. The lowest BCUT2D eigenvalue weighted by atomic mass is 9.88. The van der Waals surface area contributed by atoms with Gasteiger partial charge in [-0.3, -0.25) is 4.79 Å². The zero-order valence-corrected chi connectivity index (χ0v) is 9.53. The van der Waals surface area contributed by atoms with Crippen molar-refractivity contribution in [2.24, 2.45) is 17.8 Å². The number of hydrogen-bond donors (Lipinski definition) is 1. The Balaban J connectivity index is 2.23. The fraction of sp³-hybridized carbons (Fsp3) is 0.900. The average molecular weight is 232 g/mol. The number of hydrogen-bond acceptors (Lipinski definition) is 3. The van der Waals surface area contributed by atoms with Crippen LogP contribution in [-0.4, -0.2) is 30.5 Å². The van der Waals surface area contributed by atoms with Gasteiger partial charge in [0.25, 0.3) is 0 Å². The van der Waals surface area contributed by atoms with Crippen LogP contribution < -0.4 is 0 Å². The Morgan fingerprint density at radius 1 is 1.33 bits per heavy atom. The van der Waals surface area contributed by atoms with Crippen molar-refractivity contribution in [3.63, 3.8) is 0 Å². The van der Waals surface area contributed by atoms with Gasteiger partial charge < -0.3 is 5.11 Å². The van der Waals surface area contributed by atoms with Crippen molar-refractivity contribution in [1.29, 1.82) is 0 Å². The molecule has 4 atom stereocenters. The van der Waals surface area contributed by atoms with E-state index < -0.39 is 21.7 Å². The molecule has 0 saturated heterocycles. The molecule has 2 fully saturated rings. The highest BCUT2D eigenvalue weighted by molar-refractivity contribution is 7.92. The number of rotatable bonds is 3. The number of carboxylic acid groups (broad SMARTS) is 1. The van der Waals surface area contributed by atoms with Crippen molar-refractivity contribution in [3.8, 4) is 0 Å². The maximum absolute atomic E-state index is 11.8. The Bertz CT molecular complexity index is 373. The minimum absolute atomic E-state index is 0.127. The number of aliphatic carboxylic acids is 1. The van der Waals surface area contributed by atoms with Crippen LogP contribution in [0.15, 0.2) is 0 Å². The van der Waals surface area contributed by atoms with Crippen LogP contribution >= 0.6 is 0 Å². The molecule has 15 heavy (non-hydrogen) atoms. The van der Waals surface area contributed by atoms with Gasteiger partial charge in [0.05, 0.1) is 11.2 Å². The molecule has 2 aliphatic carbocycles. The molecule has 0 radical (unpaired) electrons. The van der Waals surface area contributed by atoms with E-state index in [9.17, 15) is 13.2 Å². The lowest BCUT2D eigenvalue weighted by Gasteiger charge is -2.26. The second kappa shape index (κ2) is 3.47. The van der Waals surface area contributed by atoms with Crippen molar-refractivity contribution in [3.05, 3.63) is 0 Å². The van der Waals surface area contributed by atoms with Gasteiger partial charge in [0.15, 0.2) is 9.84 Å². The van der Waals surface area contributed by atoms with Crippen molar-refractivity contribution in [1.82, 2.24) is 0 Å². The van der Waals surface area contributed by atoms with Crippen LogP contribution in [0.2, 0.25) is 0 Å². The zero-order valence-electron chi connectivity index (χ0n) is 8.72. The Morgan fingerprint density at radius 3 is 2.47 bits per heavy atom. The van der Waals surface area contributed by atoms with E-state index in [-0.39, 0.29) is 16.9 Å². The molecule has 0 spiro atoms. The third-order valence-corrected chi connectivity index (χ3v) is 6.20. The number of fused-ring (bicyclic) bond motifs is 2. The summed E-state index contributed by atoms with van der Waals surface area (Å²) in [7, 11) is -3.06. The minimum Gasteiger partial charge on any atom is -0.481 e. The van der Waals surface area contributed by atoms with Crippen LogP contribution in [0.1, 0.15) is 26.2 Å². The molecule has 86 valence electrons. The maximum atomic E-state index is 11.8. The van der Waals surface area contributed by atoms with Gasteiger partial charge in [-0.15, -0.1) is 0 Å². The minimum atomic E-state index is -3.06. The molecular weight excluding hydrogens is 216 g/mol. The third kappa shape index (κ3) is 1.67. The summed E-state index contributed by atoms with van der Waals surface area (Å²) in [6.07, 6.45) is 2.15. The van der Waals surface area contributed by atoms with E-state index in [4.69, 9.17) is 5.11 Å². The van der Waals surface area contributed by atoms with E-state index in [1.165, 1.54) is 0 Å². The van der Waals surface area contributed by atoms with E-state index in [0.717, 1.165) is 6.42 Å². The second-order valence-corrected chi connectivity index (χ2v) is 7.18. The summed E-state index contributed by atoms with van der Waals surface area (Å²) in [6, 6.07) is 0. The molecule has 4 nitrogen and oxygen atoms in total. The number of carbonyl (C=O) groups is 1. The molecule has 1 N–H and O–H groups in total. The summed E-state index contributed by atoms with van der Waals surface area (Å²) in [6.45, 7) is 1.64. The second-order valence-electron chi connectivity index (χ2n) is 4.67. The molecule has 0 aromatic heterocycles. The number of sulfone groups is 1. The van der Waals surface area contributed by atoms with Crippen LogP contribution in [0.25, 0.3) is 0 Å². The highest BCUT2D eigenvalue weighted by Crippen LogP contribution is 2.51. The van der Waals surface area contributed by atoms with Gasteiger partial charge in [-0.05, 0) is 31.1 Å². The summed E-state index contributed by atoms with van der Waals surface area (Å²) in [4.78, 5) is 11.0. The molecule has 5 heteroatoms. The van der Waals surface area contributed by atoms with E-state index in [1.54, 1.807) is 6.92 Å². The molecule has 2 rings (SSSR count). The Hall–Kier alpha value is -0.580. The van der Waals surface area contributed by atoms with Gasteiger partial charge in [0, 0.05) is 5.75 Å². The zero-order chi connectivity index (χ0) is 11.2. The number of carboxylic acids is 1. The van der Waals surface area contributed by atoms with Crippen molar-refractivity contribution in [2.75, 3.05) is 5.75 Å². The maximum Gasteiger partial charge on any atom is 0.306 e. The first-order chi connectivity index (χ1) is 6.95. The monoisotopic (exact) mass is 232 g/mol. The molecule has 0 aromatic carbocycles. The molecule has 0 amide bonds. The van der Waals surface area contributed by atoms with Crippen LogP contribution in [0, 0.1) is 17.8 Å². The Labute approximate surface area is 89.6 Å². The quantitative estimate of drug-likeness (QED) is 0.785. The van der Waals surface area contributed by atoms with Crippen molar-refractivity contribution < 1.29 is 18.3 Å². The molecule has 2 saturated carbocycles. The normalized spacial score (nSPS) is 39.5. The highest BCUT2D eigenvalue weighted by atomic mass is 32.2. The fourth-order valence-electron chi connectivity index (χ4n) is 3.20. The molecule has 2 aliphatic rings. The summed E-state index contributed by atoms with van der Waals surface area (Å²) in [5.74, 6) is -0.916. The standard InChI is InChI=1S/C10H16O4S/c1-2-15(13,14)9-5-6-3-7(9)8(4-6)10(11)12/h6-9H,2-5H2,1H3,(H,11,12). The molecule has 0 aliphatic heterocycles. The lowest BCUT2D eigenvalue weighted by molar-refractivity contribution is -0.143. The van der Waals surface area contributed by atoms with E-state index in [2.05, 4.69) is 0 Å². The van der Waals surface area contributed by atoms with E-state index >= 15 is 0 Å². The Kier molecular flexibility index (Phi) is 2.53. The molecule has 2 bridgehead atoms. The SMILES string of the molecule is CCS(=O)(=O)C1CC2CC(C(=O)O)C1C2. The summed E-state index contributed by atoms with van der Waals surface area (Å²) < 4.78 is 23.5. The van der Waals surface area contributed by atoms with Gasteiger partial charge in [0.1, 0.15) is 0 Å². The van der Waals surface area contributed by atoms with Crippen LogP contribution in [0.3, 0.4) is 0 Å². The van der Waals surface area contributed by atoms with Crippen molar-refractivity contribution >= 4 is 15.8 Å². The lowest BCUT2D eigenvalue weighted by Crippen LogP contribution is -2.36. The molecule has 0 aromatic rings. The van der Waals surface area contributed by atoms with Crippen LogP contribution in [-0.2, 0) is 14.6 Å². The van der Waals surface area contributed by atoms with Gasteiger partial charge in [-0.1, -0.05) is 6.92 Å². The average Bonchev–Trinajstić information content (AvgIpc) is 2.76. The van der Waals surface area contributed by atoms with Gasteiger partial charge in [-0.25, -0.2) is 8.42 Å². The van der Waals surface area contributed by atoms with Crippen LogP contribution in [0.5, 0.6) is 0 Å². The van der Waals surface area contributed by atoms with Crippen molar-refractivity contribution in [2.45, 2.75) is 31.4 Å². The van der Waals surface area contributed by atoms with Crippen LogP contribution in [0.4, 0.5) is 0 Å². The molecule has 0 heterocycles. The first-order valence-electron chi connectivity index (χ1n) is 5.40. The summed E-state index contributed by atoms with van der Waals surface area (Å²) >= 11 is 0. The first kappa shape index (κ1) is 10.9. The highest BCUT2D eigenvalue weighted by Gasteiger charge is 2.53. The third-order valence-electron chi connectivity index (χ3n) is 3.93. The molecular formula is C10H16O4S. The topological polar surface area (TPSA) is 71.4 Å². The smallest absolute Gasteiger partial charge is 0.306 e. The summed E-state index contributed by atoms with van der Waals surface area (Å²) in [5.41, 5.74) is 0. The summed E-state index contributed by atoms with van der Waals surface area (Å²) in [5, 5.41) is 8.61. The predicted octanol–water partition coefficient (Wildman–Crippen LogP) is 0.920. The van der Waals surface area contributed by atoms with Gasteiger partial charge in [0.2, 0.25) is 0 Å². The molecule has 4 unspecified atom stereocenters. The Morgan fingerprint density at radius 2 is 2.00 bits per heavy atom. The van der Waals surface area contributed by atoms with Gasteiger partial charge >= 0.3 is 5.97 Å².